The number of rotatable bonds is 3. The van der Waals surface area contributed by atoms with Crippen LogP contribution in [0.4, 0.5) is 11.4 Å². The molecule has 0 aliphatic carbocycles. The Bertz CT molecular complexity index is 480. The maximum atomic E-state index is 11.1. The Labute approximate surface area is 113 Å². The van der Waals surface area contributed by atoms with E-state index >= 15 is 0 Å². The van der Waals surface area contributed by atoms with Gasteiger partial charge in [-0.25, -0.2) is 0 Å². The summed E-state index contributed by atoms with van der Waals surface area (Å²) in [5, 5.41) is 14.5. The molecule has 0 aromatic heterocycles. The molecule has 1 aliphatic heterocycles. The molecule has 5 nitrogen and oxygen atoms in total. The zero-order valence-electron chi connectivity index (χ0n) is 11.8. The summed E-state index contributed by atoms with van der Waals surface area (Å²) in [6, 6.07) is 5.32. The van der Waals surface area contributed by atoms with E-state index in [-0.39, 0.29) is 16.1 Å². The number of aryl methyl sites for hydroxylation is 1. The van der Waals surface area contributed by atoms with Gasteiger partial charge in [-0.15, -0.1) is 0 Å². The normalized spacial score (nSPS) is 18.4. The van der Waals surface area contributed by atoms with E-state index in [0.29, 0.717) is 0 Å². The summed E-state index contributed by atoms with van der Waals surface area (Å²) >= 11 is 0. The quantitative estimate of drug-likeness (QED) is 0.672. The van der Waals surface area contributed by atoms with Crippen molar-refractivity contribution in [1.29, 1.82) is 0 Å². The van der Waals surface area contributed by atoms with Crippen LogP contribution in [-0.4, -0.2) is 30.6 Å². The molecular weight excluding hydrogens is 242 g/mol. The Morgan fingerprint density at radius 1 is 1.37 bits per heavy atom. The van der Waals surface area contributed by atoms with Crippen molar-refractivity contribution in [1.82, 2.24) is 5.32 Å². The van der Waals surface area contributed by atoms with Crippen molar-refractivity contribution in [2.75, 3.05) is 25.0 Å². The van der Waals surface area contributed by atoms with Crippen molar-refractivity contribution in [2.45, 2.75) is 32.2 Å². The predicted molar refractivity (Wildman–Crippen MR) is 76.7 cm³/mol. The lowest BCUT2D eigenvalue weighted by Gasteiger charge is -2.40. The Hall–Kier alpha value is -1.62. The van der Waals surface area contributed by atoms with Crippen molar-refractivity contribution >= 4 is 11.4 Å². The molecule has 2 rings (SSSR count). The summed E-state index contributed by atoms with van der Waals surface area (Å²) in [5.74, 6) is 0. The van der Waals surface area contributed by atoms with Crippen molar-refractivity contribution in [3.05, 3.63) is 33.9 Å². The first-order chi connectivity index (χ1) is 8.95. The van der Waals surface area contributed by atoms with E-state index < -0.39 is 0 Å². The maximum absolute atomic E-state index is 11.1. The fourth-order valence-electron chi connectivity index (χ4n) is 2.53. The molecular formula is C14H21N3O2. The van der Waals surface area contributed by atoms with Gasteiger partial charge in [-0.3, -0.25) is 10.1 Å². The van der Waals surface area contributed by atoms with E-state index in [9.17, 15) is 10.1 Å². The van der Waals surface area contributed by atoms with E-state index in [1.807, 2.05) is 20.0 Å². The highest BCUT2D eigenvalue weighted by molar-refractivity contribution is 5.64. The minimum absolute atomic E-state index is 0.148. The van der Waals surface area contributed by atoms with Gasteiger partial charge in [0, 0.05) is 24.7 Å². The molecule has 19 heavy (non-hydrogen) atoms. The molecule has 1 aromatic rings. The second-order valence-electron chi connectivity index (χ2n) is 5.55. The summed E-state index contributed by atoms with van der Waals surface area (Å²) in [7, 11) is 1.98. The minimum Gasteiger partial charge on any atom is -0.366 e. The van der Waals surface area contributed by atoms with Crippen LogP contribution in [0.2, 0.25) is 0 Å². The van der Waals surface area contributed by atoms with Crippen LogP contribution in [0.25, 0.3) is 0 Å². The van der Waals surface area contributed by atoms with E-state index in [1.54, 1.807) is 12.1 Å². The second kappa shape index (κ2) is 5.17. The highest BCUT2D eigenvalue weighted by Crippen LogP contribution is 2.33. The van der Waals surface area contributed by atoms with Gasteiger partial charge in [0.15, 0.2) is 0 Å². The standard InChI is InChI=1S/C14H21N3O2/c1-11-4-5-12(17(18)19)13(10-11)16-8-6-14(2,15-3)7-9-16/h4-5,10,15H,6-9H2,1-3H3. The first kappa shape index (κ1) is 13.8. The number of benzene rings is 1. The molecule has 1 aliphatic rings. The maximum Gasteiger partial charge on any atom is 0.292 e. The molecule has 0 saturated carbocycles. The molecule has 1 aromatic carbocycles. The number of nitro groups is 1. The van der Waals surface area contributed by atoms with E-state index in [2.05, 4.69) is 17.1 Å². The van der Waals surface area contributed by atoms with Crippen LogP contribution < -0.4 is 10.2 Å². The van der Waals surface area contributed by atoms with Crippen molar-refractivity contribution in [2.24, 2.45) is 0 Å². The Kier molecular flexibility index (Phi) is 3.75. The molecule has 1 fully saturated rings. The highest BCUT2D eigenvalue weighted by atomic mass is 16.6. The van der Waals surface area contributed by atoms with Gasteiger partial charge in [0.1, 0.15) is 5.69 Å². The summed E-state index contributed by atoms with van der Waals surface area (Å²) < 4.78 is 0. The molecule has 0 radical (unpaired) electrons. The third-order valence-electron chi connectivity index (χ3n) is 4.14. The minimum atomic E-state index is -0.291. The van der Waals surface area contributed by atoms with Gasteiger partial charge in [-0.2, -0.15) is 0 Å². The average molecular weight is 263 g/mol. The van der Waals surface area contributed by atoms with Gasteiger partial charge in [0.2, 0.25) is 0 Å². The predicted octanol–water partition coefficient (Wildman–Crippen LogP) is 2.48. The molecule has 5 heteroatoms. The Morgan fingerprint density at radius 3 is 2.53 bits per heavy atom. The summed E-state index contributed by atoms with van der Waals surface area (Å²) in [5.41, 5.74) is 2.17. The number of hydrogen-bond donors (Lipinski definition) is 1. The van der Waals surface area contributed by atoms with Crippen LogP contribution in [0.3, 0.4) is 0 Å². The Morgan fingerprint density at radius 2 is 2.00 bits per heavy atom. The zero-order chi connectivity index (χ0) is 14.0. The lowest BCUT2D eigenvalue weighted by atomic mass is 9.89. The highest BCUT2D eigenvalue weighted by Gasteiger charge is 2.30. The number of nitro benzene ring substituents is 1. The molecule has 0 unspecified atom stereocenters. The molecule has 0 spiro atoms. The van der Waals surface area contributed by atoms with Gasteiger partial charge < -0.3 is 10.2 Å². The topological polar surface area (TPSA) is 58.4 Å². The summed E-state index contributed by atoms with van der Waals surface area (Å²) in [6.45, 7) is 5.87. The largest absolute Gasteiger partial charge is 0.366 e. The van der Waals surface area contributed by atoms with Crippen LogP contribution in [0.15, 0.2) is 18.2 Å². The SMILES string of the molecule is CNC1(C)CCN(c2cc(C)ccc2[N+](=O)[O-])CC1. The lowest BCUT2D eigenvalue weighted by Crippen LogP contribution is -2.50. The van der Waals surface area contributed by atoms with Crippen molar-refractivity contribution in [3.8, 4) is 0 Å². The number of nitrogens with one attached hydrogen (secondary N) is 1. The molecule has 104 valence electrons. The molecule has 0 amide bonds. The van der Waals surface area contributed by atoms with Gasteiger partial charge in [-0.05, 0) is 45.4 Å². The fourth-order valence-corrected chi connectivity index (χ4v) is 2.53. The smallest absolute Gasteiger partial charge is 0.292 e. The second-order valence-corrected chi connectivity index (χ2v) is 5.55. The number of nitrogens with zero attached hydrogens (tertiary/aromatic N) is 2. The molecule has 0 bridgehead atoms. The molecule has 1 heterocycles. The van der Waals surface area contributed by atoms with Crippen LogP contribution in [0, 0.1) is 17.0 Å². The van der Waals surface area contributed by atoms with Crippen LogP contribution in [-0.2, 0) is 0 Å². The number of hydrogen-bond acceptors (Lipinski definition) is 4. The van der Waals surface area contributed by atoms with Crippen molar-refractivity contribution < 1.29 is 4.92 Å². The number of anilines is 1. The van der Waals surface area contributed by atoms with Crippen LogP contribution >= 0.6 is 0 Å². The van der Waals surface area contributed by atoms with E-state index in [4.69, 9.17) is 0 Å². The van der Waals surface area contributed by atoms with Crippen molar-refractivity contribution in [3.63, 3.8) is 0 Å². The first-order valence-electron chi connectivity index (χ1n) is 6.64. The lowest BCUT2D eigenvalue weighted by molar-refractivity contribution is -0.384. The Balaban J connectivity index is 2.24. The third kappa shape index (κ3) is 2.87. The van der Waals surface area contributed by atoms with Gasteiger partial charge in [0.25, 0.3) is 5.69 Å². The molecule has 0 atom stereocenters. The van der Waals surface area contributed by atoms with Crippen LogP contribution in [0.1, 0.15) is 25.3 Å². The third-order valence-corrected chi connectivity index (χ3v) is 4.14. The summed E-state index contributed by atoms with van der Waals surface area (Å²) in [4.78, 5) is 13.0. The zero-order valence-corrected chi connectivity index (χ0v) is 11.8. The average Bonchev–Trinajstić information content (AvgIpc) is 2.39. The first-order valence-corrected chi connectivity index (χ1v) is 6.64. The summed E-state index contributed by atoms with van der Waals surface area (Å²) in [6.07, 6.45) is 1.99. The molecule has 1 saturated heterocycles. The fraction of sp³-hybridized carbons (Fsp3) is 0.571. The molecule has 1 N–H and O–H groups in total. The monoisotopic (exact) mass is 263 g/mol. The van der Waals surface area contributed by atoms with E-state index in [0.717, 1.165) is 37.2 Å². The van der Waals surface area contributed by atoms with Gasteiger partial charge in [-0.1, -0.05) is 6.07 Å². The van der Waals surface area contributed by atoms with Gasteiger partial charge >= 0.3 is 0 Å². The van der Waals surface area contributed by atoms with E-state index in [1.165, 1.54) is 0 Å². The number of piperidine rings is 1. The van der Waals surface area contributed by atoms with Gasteiger partial charge in [0.05, 0.1) is 4.92 Å². The van der Waals surface area contributed by atoms with Crippen LogP contribution in [0.5, 0.6) is 0 Å².